The van der Waals surface area contributed by atoms with Gasteiger partial charge in [-0.15, -0.1) is 0 Å². The van der Waals surface area contributed by atoms with Crippen molar-refractivity contribution in [2.45, 2.75) is 44.8 Å². The minimum Gasteiger partial charge on any atom is -0.369 e. The van der Waals surface area contributed by atoms with Gasteiger partial charge in [0.05, 0.1) is 0 Å². The van der Waals surface area contributed by atoms with Gasteiger partial charge < -0.3 is 15.4 Å². The van der Waals surface area contributed by atoms with Gasteiger partial charge in [0.1, 0.15) is 6.10 Å². The second-order valence-electron chi connectivity index (χ2n) is 4.06. The van der Waals surface area contributed by atoms with E-state index in [1.54, 1.807) is 14.0 Å². The molecular formula is C11H22N2O2. The Morgan fingerprint density at radius 1 is 1.60 bits per heavy atom. The summed E-state index contributed by atoms with van der Waals surface area (Å²) in [6, 6.07) is 0.579. The van der Waals surface area contributed by atoms with Crippen molar-refractivity contribution in [2.24, 2.45) is 0 Å². The van der Waals surface area contributed by atoms with Crippen LogP contribution in [0.2, 0.25) is 0 Å². The molecule has 0 radical (unpaired) electrons. The van der Waals surface area contributed by atoms with Crippen LogP contribution in [-0.4, -0.2) is 38.3 Å². The van der Waals surface area contributed by atoms with Crippen molar-refractivity contribution in [1.82, 2.24) is 10.6 Å². The maximum absolute atomic E-state index is 11.1. The maximum atomic E-state index is 11.1. The summed E-state index contributed by atoms with van der Waals surface area (Å²) in [6.07, 6.45) is 4.49. The monoisotopic (exact) mass is 214 g/mol. The van der Waals surface area contributed by atoms with Gasteiger partial charge in [0.25, 0.3) is 0 Å². The Morgan fingerprint density at radius 3 is 3.00 bits per heavy atom. The first-order valence-corrected chi connectivity index (χ1v) is 5.80. The molecule has 2 unspecified atom stereocenters. The highest BCUT2D eigenvalue weighted by molar-refractivity contribution is 5.79. The fraction of sp³-hybridized carbons (Fsp3) is 0.909. The molecule has 0 saturated carbocycles. The second kappa shape index (κ2) is 6.80. The molecule has 0 spiro atoms. The SMILES string of the molecule is CNC(=O)C(C)OCCC1CCCCN1. The predicted molar refractivity (Wildman–Crippen MR) is 59.7 cm³/mol. The number of hydrogen-bond donors (Lipinski definition) is 2. The van der Waals surface area contributed by atoms with Crippen molar-refractivity contribution in [2.75, 3.05) is 20.2 Å². The topological polar surface area (TPSA) is 50.4 Å². The van der Waals surface area contributed by atoms with Gasteiger partial charge in [-0.3, -0.25) is 4.79 Å². The van der Waals surface area contributed by atoms with Crippen molar-refractivity contribution >= 4 is 5.91 Å². The van der Waals surface area contributed by atoms with Crippen LogP contribution in [0.4, 0.5) is 0 Å². The lowest BCUT2D eigenvalue weighted by Gasteiger charge is -2.23. The first-order valence-electron chi connectivity index (χ1n) is 5.80. The summed E-state index contributed by atoms with van der Waals surface area (Å²) in [4.78, 5) is 11.1. The highest BCUT2D eigenvalue weighted by atomic mass is 16.5. The first-order chi connectivity index (χ1) is 7.24. The van der Waals surface area contributed by atoms with E-state index < -0.39 is 0 Å². The summed E-state index contributed by atoms with van der Waals surface area (Å²) in [5.74, 6) is -0.0494. The van der Waals surface area contributed by atoms with Crippen LogP contribution in [0.25, 0.3) is 0 Å². The van der Waals surface area contributed by atoms with E-state index in [2.05, 4.69) is 10.6 Å². The van der Waals surface area contributed by atoms with Crippen molar-refractivity contribution in [1.29, 1.82) is 0 Å². The van der Waals surface area contributed by atoms with E-state index in [1.807, 2.05) is 0 Å². The molecule has 0 bridgehead atoms. The van der Waals surface area contributed by atoms with Crippen molar-refractivity contribution in [3.05, 3.63) is 0 Å². The van der Waals surface area contributed by atoms with Crippen LogP contribution in [-0.2, 0) is 9.53 Å². The molecule has 4 nitrogen and oxygen atoms in total. The Balaban J connectivity index is 2.07. The molecule has 1 amide bonds. The fourth-order valence-electron chi connectivity index (χ4n) is 1.84. The van der Waals surface area contributed by atoms with E-state index in [9.17, 15) is 4.79 Å². The molecule has 2 atom stereocenters. The maximum Gasteiger partial charge on any atom is 0.248 e. The number of carbonyl (C=O) groups is 1. The molecule has 1 aliphatic heterocycles. The summed E-state index contributed by atoms with van der Waals surface area (Å²) in [5.41, 5.74) is 0. The fourth-order valence-corrected chi connectivity index (χ4v) is 1.84. The normalized spacial score (nSPS) is 23.5. The van der Waals surface area contributed by atoms with Gasteiger partial charge in [0.2, 0.25) is 5.91 Å². The lowest BCUT2D eigenvalue weighted by atomic mass is 10.0. The van der Waals surface area contributed by atoms with Crippen LogP contribution in [0.1, 0.15) is 32.6 Å². The molecule has 1 aliphatic rings. The molecule has 88 valence electrons. The number of carbonyl (C=O) groups excluding carboxylic acids is 1. The Hall–Kier alpha value is -0.610. The molecule has 1 rings (SSSR count). The predicted octanol–water partition coefficient (Wildman–Crippen LogP) is 0.670. The summed E-state index contributed by atoms with van der Waals surface area (Å²) in [6.45, 7) is 3.56. The van der Waals surface area contributed by atoms with E-state index in [4.69, 9.17) is 4.74 Å². The van der Waals surface area contributed by atoms with E-state index in [0.29, 0.717) is 12.6 Å². The van der Waals surface area contributed by atoms with Gasteiger partial charge in [-0.2, -0.15) is 0 Å². The number of ether oxygens (including phenoxy) is 1. The van der Waals surface area contributed by atoms with Crippen molar-refractivity contribution in [3.8, 4) is 0 Å². The molecule has 0 aromatic carbocycles. The third-order valence-corrected chi connectivity index (χ3v) is 2.86. The van der Waals surface area contributed by atoms with E-state index in [0.717, 1.165) is 13.0 Å². The first kappa shape index (κ1) is 12.5. The zero-order valence-corrected chi connectivity index (χ0v) is 9.71. The van der Waals surface area contributed by atoms with Gasteiger partial charge in [-0.1, -0.05) is 6.42 Å². The van der Waals surface area contributed by atoms with Crippen LogP contribution in [0, 0.1) is 0 Å². The number of nitrogens with one attached hydrogen (secondary N) is 2. The Bertz CT molecular complexity index is 191. The van der Waals surface area contributed by atoms with Gasteiger partial charge in [0.15, 0.2) is 0 Å². The van der Waals surface area contributed by atoms with Gasteiger partial charge in [-0.25, -0.2) is 0 Å². The quantitative estimate of drug-likeness (QED) is 0.707. The zero-order chi connectivity index (χ0) is 11.1. The summed E-state index contributed by atoms with van der Waals surface area (Å²) in [7, 11) is 1.63. The van der Waals surface area contributed by atoms with Crippen LogP contribution < -0.4 is 10.6 Å². The number of hydrogen-bond acceptors (Lipinski definition) is 3. The zero-order valence-electron chi connectivity index (χ0n) is 9.71. The average Bonchev–Trinajstić information content (AvgIpc) is 2.29. The molecule has 4 heteroatoms. The minimum absolute atomic E-state index is 0.0494. The van der Waals surface area contributed by atoms with Crippen LogP contribution in [0.5, 0.6) is 0 Å². The molecule has 1 saturated heterocycles. The molecular weight excluding hydrogens is 192 g/mol. The largest absolute Gasteiger partial charge is 0.369 e. The molecule has 1 heterocycles. The third kappa shape index (κ3) is 4.62. The van der Waals surface area contributed by atoms with Gasteiger partial charge >= 0.3 is 0 Å². The third-order valence-electron chi connectivity index (χ3n) is 2.86. The Morgan fingerprint density at radius 2 is 2.40 bits per heavy atom. The summed E-state index contributed by atoms with van der Waals surface area (Å²) < 4.78 is 5.45. The summed E-state index contributed by atoms with van der Waals surface area (Å²) in [5, 5.41) is 6.03. The van der Waals surface area contributed by atoms with E-state index >= 15 is 0 Å². The van der Waals surface area contributed by atoms with Crippen LogP contribution >= 0.6 is 0 Å². The lowest BCUT2D eigenvalue weighted by molar-refractivity contribution is -0.131. The number of rotatable bonds is 5. The van der Waals surface area contributed by atoms with Gasteiger partial charge in [0, 0.05) is 19.7 Å². The highest BCUT2D eigenvalue weighted by Crippen LogP contribution is 2.10. The molecule has 0 aromatic rings. The number of piperidine rings is 1. The Labute approximate surface area is 91.8 Å². The number of amides is 1. The van der Waals surface area contributed by atoms with Gasteiger partial charge in [-0.05, 0) is 32.7 Å². The average molecular weight is 214 g/mol. The smallest absolute Gasteiger partial charge is 0.248 e. The second-order valence-corrected chi connectivity index (χ2v) is 4.06. The van der Waals surface area contributed by atoms with Crippen LogP contribution in [0.15, 0.2) is 0 Å². The standard InChI is InChI=1S/C11H22N2O2/c1-9(11(14)12-2)15-8-6-10-5-3-4-7-13-10/h9-10,13H,3-8H2,1-2H3,(H,12,14). The molecule has 2 N–H and O–H groups in total. The molecule has 1 fully saturated rings. The molecule has 0 aromatic heterocycles. The molecule has 0 aliphatic carbocycles. The van der Waals surface area contributed by atoms with E-state index in [1.165, 1.54) is 19.3 Å². The summed E-state index contributed by atoms with van der Waals surface area (Å²) >= 11 is 0. The van der Waals surface area contributed by atoms with Crippen molar-refractivity contribution in [3.63, 3.8) is 0 Å². The van der Waals surface area contributed by atoms with Crippen LogP contribution in [0.3, 0.4) is 0 Å². The number of likely N-dealkylation sites (N-methyl/N-ethyl adjacent to an activating group) is 1. The lowest BCUT2D eigenvalue weighted by Crippen LogP contribution is -2.36. The minimum atomic E-state index is -0.335. The molecule has 15 heavy (non-hydrogen) atoms. The van der Waals surface area contributed by atoms with Crippen molar-refractivity contribution < 1.29 is 9.53 Å². The van der Waals surface area contributed by atoms with E-state index in [-0.39, 0.29) is 12.0 Å². The Kier molecular flexibility index (Phi) is 5.65. The highest BCUT2D eigenvalue weighted by Gasteiger charge is 2.14.